The summed E-state index contributed by atoms with van der Waals surface area (Å²) < 4.78 is 0. The first-order chi connectivity index (χ1) is 7.98. The molecule has 1 aliphatic carbocycles. The Kier molecular flexibility index (Phi) is 2.73. The average Bonchev–Trinajstić information content (AvgIpc) is 2.97. The van der Waals surface area contributed by atoms with E-state index in [1.54, 1.807) is 6.07 Å². The van der Waals surface area contributed by atoms with Gasteiger partial charge < -0.3 is 15.3 Å². The number of aromatic hydroxyl groups is 2. The molecule has 1 aliphatic rings. The third-order valence-electron chi connectivity index (χ3n) is 3.49. The van der Waals surface area contributed by atoms with E-state index >= 15 is 0 Å². The number of aryl methyl sites for hydroxylation is 1. The lowest BCUT2D eigenvalue weighted by atomic mass is 9.89. The molecule has 0 unspecified atom stereocenters. The van der Waals surface area contributed by atoms with Crippen molar-refractivity contribution in [1.29, 1.82) is 0 Å². The van der Waals surface area contributed by atoms with Gasteiger partial charge in [0.2, 0.25) is 0 Å². The molecule has 0 radical (unpaired) electrons. The molecule has 4 nitrogen and oxygen atoms in total. The molecule has 0 amide bonds. The lowest BCUT2D eigenvalue weighted by Gasteiger charge is -2.16. The number of phenolic OH excluding ortho intramolecular Hbond substituents is 2. The lowest BCUT2D eigenvalue weighted by molar-refractivity contribution is -0.137. The van der Waals surface area contributed by atoms with E-state index in [1.807, 2.05) is 6.92 Å². The summed E-state index contributed by atoms with van der Waals surface area (Å²) in [5.41, 5.74) is 0.983. The predicted molar refractivity (Wildman–Crippen MR) is 62.3 cm³/mol. The normalized spacial score (nSPS) is 16.8. The first kappa shape index (κ1) is 11.8. The van der Waals surface area contributed by atoms with Crippen molar-refractivity contribution in [3.8, 4) is 11.5 Å². The number of hydrogen-bond acceptors (Lipinski definition) is 3. The number of benzene rings is 1. The van der Waals surface area contributed by atoms with Crippen LogP contribution >= 0.6 is 0 Å². The third kappa shape index (κ3) is 2.07. The highest BCUT2D eigenvalue weighted by Gasteiger charge is 2.47. The molecule has 0 saturated heterocycles. The Morgan fingerprint density at radius 3 is 2.41 bits per heavy atom. The molecule has 0 atom stereocenters. The minimum absolute atomic E-state index is 0.00144. The Balaban J connectivity index is 2.42. The maximum Gasteiger partial charge on any atom is 0.304 e. The van der Waals surface area contributed by atoms with Crippen molar-refractivity contribution in [2.75, 3.05) is 0 Å². The Bertz CT molecular complexity index is 461. The summed E-state index contributed by atoms with van der Waals surface area (Å²) >= 11 is 0. The number of carbonyl (C=O) groups is 1. The van der Waals surface area contributed by atoms with E-state index < -0.39 is 11.4 Å². The minimum atomic E-state index is -0.854. The van der Waals surface area contributed by atoms with Crippen LogP contribution in [0.4, 0.5) is 0 Å². The zero-order valence-corrected chi connectivity index (χ0v) is 9.73. The Labute approximate surface area is 99.5 Å². The Morgan fingerprint density at radius 2 is 1.94 bits per heavy atom. The fraction of sp³-hybridized carbons (Fsp3) is 0.462. The smallest absolute Gasteiger partial charge is 0.304 e. The zero-order valence-electron chi connectivity index (χ0n) is 9.73. The number of hydrogen-bond donors (Lipinski definition) is 3. The van der Waals surface area contributed by atoms with Crippen molar-refractivity contribution in [2.45, 2.75) is 38.0 Å². The van der Waals surface area contributed by atoms with Gasteiger partial charge in [0.05, 0.1) is 6.42 Å². The van der Waals surface area contributed by atoms with Crippen LogP contribution in [0.5, 0.6) is 11.5 Å². The largest absolute Gasteiger partial charge is 0.508 e. The van der Waals surface area contributed by atoms with E-state index in [2.05, 4.69) is 0 Å². The summed E-state index contributed by atoms with van der Waals surface area (Å²) in [5, 5.41) is 28.3. The molecule has 17 heavy (non-hydrogen) atoms. The number of rotatable bonds is 4. The highest BCUT2D eigenvalue weighted by atomic mass is 16.4. The molecule has 0 aliphatic heterocycles. The SMILES string of the molecule is CCc1cc(C2(CC(=O)O)CC2)c(O)cc1O. The van der Waals surface area contributed by atoms with Crippen molar-refractivity contribution in [2.24, 2.45) is 0 Å². The van der Waals surface area contributed by atoms with Gasteiger partial charge in [0, 0.05) is 17.0 Å². The molecule has 0 heterocycles. The summed E-state index contributed by atoms with van der Waals surface area (Å²) in [6.07, 6.45) is 2.25. The van der Waals surface area contributed by atoms with Gasteiger partial charge in [-0.15, -0.1) is 0 Å². The van der Waals surface area contributed by atoms with Crippen LogP contribution in [0.15, 0.2) is 12.1 Å². The monoisotopic (exact) mass is 236 g/mol. The van der Waals surface area contributed by atoms with Gasteiger partial charge in [0.25, 0.3) is 0 Å². The van der Waals surface area contributed by atoms with Crippen LogP contribution in [-0.4, -0.2) is 21.3 Å². The van der Waals surface area contributed by atoms with Gasteiger partial charge in [-0.05, 0) is 30.9 Å². The van der Waals surface area contributed by atoms with Crippen LogP contribution in [-0.2, 0) is 16.6 Å². The van der Waals surface area contributed by atoms with Gasteiger partial charge in [-0.25, -0.2) is 0 Å². The third-order valence-corrected chi connectivity index (χ3v) is 3.49. The molecule has 1 fully saturated rings. The van der Waals surface area contributed by atoms with Gasteiger partial charge >= 0.3 is 5.97 Å². The molecule has 1 aromatic carbocycles. The van der Waals surface area contributed by atoms with Gasteiger partial charge in [-0.2, -0.15) is 0 Å². The first-order valence-electron chi connectivity index (χ1n) is 5.75. The molecule has 4 heteroatoms. The molecule has 0 aromatic heterocycles. The highest BCUT2D eigenvalue weighted by Crippen LogP contribution is 2.54. The quantitative estimate of drug-likeness (QED) is 0.748. The second kappa shape index (κ2) is 3.95. The molecular formula is C13H16O4. The molecule has 0 spiro atoms. The van der Waals surface area contributed by atoms with Crippen molar-refractivity contribution in [3.05, 3.63) is 23.3 Å². The summed E-state index contributed by atoms with van der Waals surface area (Å²) in [6, 6.07) is 3.05. The topological polar surface area (TPSA) is 77.8 Å². The predicted octanol–water partition coefficient (Wildman–Crippen LogP) is 2.17. The van der Waals surface area contributed by atoms with Crippen molar-refractivity contribution in [3.63, 3.8) is 0 Å². The van der Waals surface area contributed by atoms with Crippen molar-refractivity contribution in [1.82, 2.24) is 0 Å². The van der Waals surface area contributed by atoms with Crippen LogP contribution in [0, 0.1) is 0 Å². The summed E-state index contributed by atoms with van der Waals surface area (Å²) in [5.74, 6) is -0.786. The number of carboxylic acids is 1. The Morgan fingerprint density at radius 1 is 1.29 bits per heavy atom. The Hall–Kier alpha value is -1.71. The second-order valence-electron chi connectivity index (χ2n) is 4.70. The minimum Gasteiger partial charge on any atom is -0.508 e. The van der Waals surface area contributed by atoms with E-state index in [4.69, 9.17) is 5.11 Å². The van der Waals surface area contributed by atoms with Crippen LogP contribution < -0.4 is 0 Å². The van der Waals surface area contributed by atoms with Crippen molar-refractivity contribution >= 4 is 5.97 Å². The first-order valence-corrected chi connectivity index (χ1v) is 5.75. The van der Waals surface area contributed by atoms with Gasteiger partial charge in [-0.1, -0.05) is 6.92 Å². The highest BCUT2D eigenvalue weighted by molar-refractivity contribution is 5.71. The lowest BCUT2D eigenvalue weighted by Crippen LogP contribution is -2.13. The van der Waals surface area contributed by atoms with E-state index in [0.717, 1.165) is 18.4 Å². The molecule has 0 bridgehead atoms. The summed E-state index contributed by atoms with van der Waals surface area (Å²) in [6.45, 7) is 1.91. The molecule has 2 rings (SSSR count). The number of carboxylic acid groups (broad SMARTS) is 1. The number of phenols is 2. The maximum atomic E-state index is 10.8. The summed E-state index contributed by atoms with van der Waals surface area (Å²) in [7, 11) is 0. The van der Waals surface area contributed by atoms with Gasteiger partial charge in [-0.3, -0.25) is 4.79 Å². The molecule has 1 aromatic rings. The van der Waals surface area contributed by atoms with E-state index in [0.29, 0.717) is 12.0 Å². The molecule has 92 valence electrons. The summed E-state index contributed by atoms with van der Waals surface area (Å²) in [4.78, 5) is 10.8. The van der Waals surface area contributed by atoms with Crippen molar-refractivity contribution < 1.29 is 20.1 Å². The van der Waals surface area contributed by atoms with Crippen LogP contribution in [0.25, 0.3) is 0 Å². The van der Waals surface area contributed by atoms with Gasteiger partial charge in [0.1, 0.15) is 11.5 Å². The fourth-order valence-electron chi connectivity index (χ4n) is 2.31. The second-order valence-corrected chi connectivity index (χ2v) is 4.70. The van der Waals surface area contributed by atoms with Crippen LogP contribution in [0.3, 0.4) is 0 Å². The fourth-order valence-corrected chi connectivity index (χ4v) is 2.31. The maximum absolute atomic E-state index is 10.8. The molecule has 3 N–H and O–H groups in total. The van der Waals surface area contributed by atoms with Crippen LogP contribution in [0.2, 0.25) is 0 Å². The number of aliphatic carboxylic acids is 1. The van der Waals surface area contributed by atoms with E-state index in [-0.39, 0.29) is 17.9 Å². The molecule has 1 saturated carbocycles. The zero-order chi connectivity index (χ0) is 12.6. The average molecular weight is 236 g/mol. The molecular weight excluding hydrogens is 220 g/mol. The van der Waals surface area contributed by atoms with E-state index in [9.17, 15) is 15.0 Å². The van der Waals surface area contributed by atoms with Gasteiger partial charge in [0.15, 0.2) is 0 Å². The van der Waals surface area contributed by atoms with Crippen LogP contribution in [0.1, 0.15) is 37.3 Å². The van der Waals surface area contributed by atoms with E-state index in [1.165, 1.54) is 6.07 Å². The standard InChI is InChI=1S/C13H16O4/c1-2-8-5-9(11(15)6-10(8)14)13(3-4-13)7-12(16)17/h5-6,14-15H,2-4,7H2,1H3,(H,16,17).